The summed E-state index contributed by atoms with van der Waals surface area (Å²) in [7, 11) is 0. The lowest BCUT2D eigenvalue weighted by atomic mass is 10.2. The lowest BCUT2D eigenvalue weighted by Crippen LogP contribution is -2.45. The van der Waals surface area contributed by atoms with Gasteiger partial charge >= 0.3 is 0 Å². The van der Waals surface area contributed by atoms with Gasteiger partial charge in [-0.1, -0.05) is 16.8 Å². The van der Waals surface area contributed by atoms with E-state index in [4.69, 9.17) is 26.6 Å². The summed E-state index contributed by atoms with van der Waals surface area (Å²) < 4.78 is 10.8. The highest BCUT2D eigenvalue weighted by Gasteiger charge is 2.21. The molecule has 22 heavy (non-hydrogen) atoms. The Morgan fingerprint density at radius 2 is 2.09 bits per heavy atom. The van der Waals surface area contributed by atoms with Crippen molar-refractivity contribution < 1.29 is 9.26 Å². The van der Waals surface area contributed by atoms with E-state index < -0.39 is 0 Å². The molecule has 3 rings (SSSR count). The van der Waals surface area contributed by atoms with Crippen LogP contribution in [0.4, 0.5) is 0 Å². The van der Waals surface area contributed by atoms with Gasteiger partial charge < -0.3 is 15.0 Å². The van der Waals surface area contributed by atoms with Crippen LogP contribution in [0.3, 0.4) is 0 Å². The molecule has 1 aromatic carbocycles. The number of morpholine rings is 1. The van der Waals surface area contributed by atoms with Crippen LogP contribution in [0.15, 0.2) is 28.8 Å². The maximum atomic E-state index is 5.87. The Labute approximate surface area is 140 Å². The van der Waals surface area contributed by atoms with Crippen LogP contribution in [0.1, 0.15) is 5.89 Å². The van der Waals surface area contributed by atoms with Crippen molar-refractivity contribution in [3.63, 3.8) is 0 Å². The summed E-state index contributed by atoms with van der Waals surface area (Å²) in [5, 5.41) is 4.69. The van der Waals surface area contributed by atoms with E-state index in [-0.39, 0.29) is 18.5 Å². The molecule has 0 aliphatic carbocycles. The molecule has 1 fully saturated rings. The SMILES string of the molecule is Cl.NCC1CN(Cc2nc(-c3ccc(Cl)cc3)no2)CCO1. The zero-order valence-electron chi connectivity index (χ0n) is 11.9. The molecule has 1 atom stereocenters. The minimum atomic E-state index is 0. The number of hydrogen-bond donors (Lipinski definition) is 1. The molecule has 1 aromatic heterocycles. The van der Waals surface area contributed by atoms with Crippen LogP contribution in [-0.2, 0) is 11.3 Å². The summed E-state index contributed by atoms with van der Waals surface area (Å²) in [5.74, 6) is 1.17. The number of hydrogen-bond acceptors (Lipinski definition) is 6. The number of nitrogens with zero attached hydrogens (tertiary/aromatic N) is 3. The maximum Gasteiger partial charge on any atom is 0.241 e. The minimum Gasteiger partial charge on any atom is -0.374 e. The van der Waals surface area contributed by atoms with Crippen LogP contribution in [0.5, 0.6) is 0 Å². The number of nitrogens with two attached hydrogens (primary N) is 1. The highest BCUT2D eigenvalue weighted by atomic mass is 35.5. The molecule has 0 bridgehead atoms. The summed E-state index contributed by atoms with van der Waals surface area (Å²) in [4.78, 5) is 6.63. The first kappa shape index (κ1) is 17.2. The van der Waals surface area contributed by atoms with Gasteiger partial charge in [0.25, 0.3) is 0 Å². The van der Waals surface area contributed by atoms with Crippen molar-refractivity contribution in [2.75, 3.05) is 26.2 Å². The van der Waals surface area contributed by atoms with Crippen LogP contribution >= 0.6 is 24.0 Å². The Morgan fingerprint density at radius 3 is 2.82 bits per heavy atom. The summed E-state index contributed by atoms with van der Waals surface area (Å²) >= 11 is 5.87. The molecule has 1 unspecified atom stereocenters. The molecule has 1 aliphatic heterocycles. The van der Waals surface area contributed by atoms with Gasteiger partial charge in [-0.2, -0.15) is 4.98 Å². The molecule has 1 saturated heterocycles. The Morgan fingerprint density at radius 1 is 1.32 bits per heavy atom. The molecule has 2 heterocycles. The van der Waals surface area contributed by atoms with Gasteiger partial charge in [-0.3, -0.25) is 4.90 Å². The molecular weight excluding hydrogens is 327 g/mol. The summed E-state index contributed by atoms with van der Waals surface area (Å²) in [6.07, 6.45) is 0.0809. The van der Waals surface area contributed by atoms with Gasteiger partial charge in [-0.25, -0.2) is 0 Å². The predicted octanol–water partition coefficient (Wildman–Crippen LogP) is 1.97. The Bertz CT molecular complexity index is 591. The fraction of sp³-hybridized carbons (Fsp3) is 0.429. The lowest BCUT2D eigenvalue weighted by Gasteiger charge is -2.31. The van der Waals surface area contributed by atoms with E-state index in [1.807, 2.05) is 12.1 Å². The molecule has 6 nitrogen and oxygen atoms in total. The van der Waals surface area contributed by atoms with Gasteiger partial charge in [0, 0.05) is 30.2 Å². The van der Waals surface area contributed by atoms with Crippen LogP contribution in [0.25, 0.3) is 11.4 Å². The number of benzene rings is 1. The molecule has 2 N–H and O–H groups in total. The van der Waals surface area contributed by atoms with Gasteiger partial charge in [0.05, 0.1) is 19.3 Å². The Hall–Kier alpha value is -1.18. The zero-order valence-corrected chi connectivity index (χ0v) is 13.5. The van der Waals surface area contributed by atoms with Gasteiger partial charge in [0.1, 0.15) is 0 Å². The predicted molar refractivity (Wildman–Crippen MR) is 86.1 cm³/mol. The first-order chi connectivity index (χ1) is 10.2. The highest BCUT2D eigenvalue weighted by molar-refractivity contribution is 6.30. The van der Waals surface area contributed by atoms with Crippen LogP contribution < -0.4 is 5.73 Å². The fourth-order valence-corrected chi connectivity index (χ4v) is 2.42. The Kier molecular flexibility index (Phi) is 6.16. The van der Waals surface area contributed by atoms with E-state index in [0.29, 0.717) is 36.4 Å². The maximum absolute atomic E-state index is 5.87. The molecule has 0 spiro atoms. The van der Waals surface area contributed by atoms with Crippen LogP contribution in [0, 0.1) is 0 Å². The molecule has 120 valence electrons. The normalized spacial score (nSPS) is 18.9. The van der Waals surface area contributed by atoms with Crippen LogP contribution in [0.2, 0.25) is 5.02 Å². The molecule has 0 amide bonds. The highest BCUT2D eigenvalue weighted by Crippen LogP contribution is 2.19. The smallest absolute Gasteiger partial charge is 0.241 e. The van der Waals surface area contributed by atoms with E-state index in [1.54, 1.807) is 12.1 Å². The standard InChI is InChI=1S/C14H17ClN4O2.ClH/c15-11-3-1-10(2-4-11)14-17-13(21-18-14)9-19-5-6-20-12(7-16)8-19;/h1-4,12H,5-9,16H2;1H. The largest absolute Gasteiger partial charge is 0.374 e. The van der Waals surface area contributed by atoms with Crippen LogP contribution in [-0.4, -0.2) is 47.4 Å². The van der Waals surface area contributed by atoms with Gasteiger partial charge in [-0.05, 0) is 24.3 Å². The summed E-state index contributed by atoms with van der Waals surface area (Å²) in [6, 6.07) is 7.35. The van der Waals surface area contributed by atoms with E-state index in [0.717, 1.165) is 18.7 Å². The van der Waals surface area contributed by atoms with E-state index in [9.17, 15) is 0 Å². The number of aromatic nitrogens is 2. The van der Waals surface area contributed by atoms with Crippen molar-refractivity contribution in [1.82, 2.24) is 15.0 Å². The molecule has 0 radical (unpaired) electrons. The molecule has 2 aromatic rings. The number of rotatable bonds is 4. The second-order valence-corrected chi connectivity index (χ2v) is 5.42. The molecular formula is C14H18Cl2N4O2. The number of ether oxygens (including phenoxy) is 1. The second kappa shape index (κ2) is 7.89. The van der Waals surface area contributed by atoms with Crippen molar-refractivity contribution in [2.45, 2.75) is 12.6 Å². The second-order valence-electron chi connectivity index (χ2n) is 4.98. The van der Waals surface area contributed by atoms with Gasteiger partial charge in [0.2, 0.25) is 11.7 Å². The third-order valence-electron chi connectivity index (χ3n) is 3.42. The first-order valence-corrected chi connectivity index (χ1v) is 7.25. The molecule has 1 aliphatic rings. The van der Waals surface area contributed by atoms with E-state index >= 15 is 0 Å². The average Bonchev–Trinajstić information content (AvgIpc) is 2.96. The summed E-state index contributed by atoms with van der Waals surface area (Å²) in [5.41, 5.74) is 6.52. The third-order valence-corrected chi connectivity index (χ3v) is 3.67. The Balaban J connectivity index is 0.00000176. The van der Waals surface area contributed by atoms with Crippen molar-refractivity contribution >= 4 is 24.0 Å². The first-order valence-electron chi connectivity index (χ1n) is 6.87. The topological polar surface area (TPSA) is 77.4 Å². The lowest BCUT2D eigenvalue weighted by molar-refractivity contribution is -0.0288. The van der Waals surface area contributed by atoms with Crippen molar-refractivity contribution in [2.24, 2.45) is 5.73 Å². The van der Waals surface area contributed by atoms with E-state index in [2.05, 4.69) is 15.0 Å². The quantitative estimate of drug-likeness (QED) is 0.913. The minimum absolute atomic E-state index is 0. The monoisotopic (exact) mass is 344 g/mol. The number of halogens is 2. The fourth-order valence-electron chi connectivity index (χ4n) is 2.29. The molecule has 0 saturated carbocycles. The zero-order chi connectivity index (χ0) is 14.7. The third kappa shape index (κ3) is 4.18. The van der Waals surface area contributed by atoms with E-state index in [1.165, 1.54) is 0 Å². The van der Waals surface area contributed by atoms with Crippen molar-refractivity contribution in [1.29, 1.82) is 0 Å². The van der Waals surface area contributed by atoms with Crippen molar-refractivity contribution in [3.05, 3.63) is 35.2 Å². The van der Waals surface area contributed by atoms with Gasteiger partial charge in [0.15, 0.2) is 0 Å². The van der Waals surface area contributed by atoms with Gasteiger partial charge in [-0.15, -0.1) is 12.4 Å². The average molecular weight is 345 g/mol. The van der Waals surface area contributed by atoms with Crippen molar-refractivity contribution in [3.8, 4) is 11.4 Å². The summed E-state index contributed by atoms with van der Waals surface area (Å²) in [6.45, 7) is 3.45. The molecule has 8 heteroatoms.